The van der Waals surface area contributed by atoms with Crippen LogP contribution in [0.15, 0.2) is 30.6 Å². The van der Waals surface area contributed by atoms with Gasteiger partial charge in [0.05, 0.1) is 26.5 Å². The molecule has 100 valence electrons. The highest BCUT2D eigenvalue weighted by molar-refractivity contribution is 5.89. The lowest BCUT2D eigenvalue weighted by Gasteiger charge is -2.10. The van der Waals surface area contributed by atoms with Gasteiger partial charge in [0.25, 0.3) is 0 Å². The number of carbonyl (C=O) groups is 1. The van der Waals surface area contributed by atoms with Crippen molar-refractivity contribution in [3.05, 3.63) is 41.9 Å². The fourth-order valence-corrected chi connectivity index (χ4v) is 1.85. The zero-order valence-electron chi connectivity index (χ0n) is 10.8. The molecule has 6 heteroatoms. The maximum Gasteiger partial charge on any atom is 0.354 e. The molecular weight excluding hydrogens is 246 g/mol. The van der Waals surface area contributed by atoms with Gasteiger partial charge < -0.3 is 19.8 Å². The van der Waals surface area contributed by atoms with E-state index in [9.17, 15) is 4.79 Å². The quantitative estimate of drug-likeness (QED) is 0.839. The Hall–Kier alpha value is -2.50. The molecule has 6 nitrogen and oxygen atoms in total. The number of hydrogen-bond donors (Lipinski definition) is 1. The van der Waals surface area contributed by atoms with Crippen LogP contribution in [-0.4, -0.2) is 29.7 Å². The molecule has 2 aromatic heterocycles. The molecule has 0 amide bonds. The number of esters is 1. The molecule has 0 atom stereocenters. The molecule has 0 fully saturated rings. The number of nitrogen functional groups attached to an aromatic ring is 1. The highest BCUT2D eigenvalue weighted by Gasteiger charge is 2.14. The molecule has 2 N–H and O–H groups in total. The van der Waals surface area contributed by atoms with Crippen molar-refractivity contribution in [1.82, 2.24) is 9.55 Å². The maximum absolute atomic E-state index is 11.6. The third-order valence-corrected chi connectivity index (χ3v) is 2.70. The van der Waals surface area contributed by atoms with Crippen LogP contribution < -0.4 is 10.5 Å². The number of methoxy groups -OCH3 is 2. The zero-order valence-corrected chi connectivity index (χ0v) is 10.8. The standard InChI is InChI=1S/C13H15N3O3/c1-18-12-9(4-3-5-15-12)7-16-8-10(14)6-11(16)13(17)19-2/h3-6,8H,7,14H2,1-2H3. The molecule has 0 saturated carbocycles. The molecule has 0 aliphatic carbocycles. The van der Waals surface area contributed by atoms with Gasteiger partial charge in [-0.15, -0.1) is 0 Å². The van der Waals surface area contributed by atoms with Crippen LogP contribution in [0.1, 0.15) is 16.1 Å². The van der Waals surface area contributed by atoms with Gasteiger partial charge in [-0.05, 0) is 12.1 Å². The van der Waals surface area contributed by atoms with E-state index in [1.165, 1.54) is 7.11 Å². The van der Waals surface area contributed by atoms with Crippen LogP contribution in [0.2, 0.25) is 0 Å². The second kappa shape index (κ2) is 5.43. The number of hydrogen-bond acceptors (Lipinski definition) is 5. The van der Waals surface area contributed by atoms with Crippen molar-refractivity contribution in [1.29, 1.82) is 0 Å². The SMILES string of the molecule is COC(=O)c1cc(N)cn1Cc1cccnc1OC. The molecule has 0 unspecified atom stereocenters. The average molecular weight is 261 g/mol. The Morgan fingerprint density at radius 2 is 2.26 bits per heavy atom. The van der Waals surface area contributed by atoms with Gasteiger partial charge in [0.15, 0.2) is 0 Å². The van der Waals surface area contributed by atoms with E-state index in [1.54, 1.807) is 30.1 Å². The summed E-state index contributed by atoms with van der Waals surface area (Å²) in [6, 6.07) is 5.26. The third-order valence-electron chi connectivity index (χ3n) is 2.70. The Bertz CT molecular complexity index is 593. The molecule has 0 aliphatic heterocycles. The predicted octanol–water partition coefficient (Wildman–Crippen LogP) is 1.31. The molecule has 2 heterocycles. The Morgan fingerprint density at radius 3 is 2.95 bits per heavy atom. The Balaban J connectivity index is 2.35. The van der Waals surface area contributed by atoms with Crippen LogP contribution in [0.25, 0.3) is 0 Å². The zero-order chi connectivity index (χ0) is 13.8. The van der Waals surface area contributed by atoms with Crippen molar-refractivity contribution < 1.29 is 14.3 Å². The highest BCUT2D eigenvalue weighted by atomic mass is 16.5. The van der Waals surface area contributed by atoms with Crippen molar-refractivity contribution in [3.63, 3.8) is 0 Å². The summed E-state index contributed by atoms with van der Waals surface area (Å²) in [6.07, 6.45) is 3.33. The van der Waals surface area contributed by atoms with E-state index in [-0.39, 0.29) is 0 Å². The largest absolute Gasteiger partial charge is 0.481 e. The van der Waals surface area contributed by atoms with Crippen LogP contribution in [-0.2, 0) is 11.3 Å². The van der Waals surface area contributed by atoms with Gasteiger partial charge in [-0.3, -0.25) is 0 Å². The van der Waals surface area contributed by atoms with Crippen molar-refractivity contribution in [2.75, 3.05) is 20.0 Å². The Labute approximate surface area is 110 Å². The van der Waals surface area contributed by atoms with Crippen molar-refractivity contribution in [3.8, 4) is 5.88 Å². The van der Waals surface area contributed by atoms with Gasteiger partial charge in [-0.25, -0.2) is 9.78 Å². The predicted molar refractivity (Wildman–Crippen MR) is 70.1 cm³/mol. The molecular formula is C13H15N3O3. The van der Waals surface area contributed by atoms with Crippen LogP contribution in [0.4, 0.5) is 5.69 Å². The molecule has 0 saturated heterocycles. The smallest absolute Gasteiger partial charge is 0.354 e. The van der Waals surface area contributed by atoms with E-state index in [0.29, 0.717) is 23.8 Å². The van der Waals surface area contributed by atoms with Crippen LogP contribution in [0.5, 0.6) is 5.88 Å². The average Bonchev–Trinajstić information content (AvgIpc) is 2.79. The molecule has 0 aliphatic rings. The number of ether oxygens (including phenoxy) is 2. The summed E-state index contributed by atoms with van der Waals surface area (Å²) in [5.41, 5.74) is 7.47. The van der Waals surface area contributed by atoms with Crippen molar-refractivity contribution in [2.45, 2.75) is 6.54 Å². The monoisotopic (exact) mass is 261 g/mol. The molecule has 2 aromatic rings. The number of pyridine rings is 1. The van der Waals surface area contributed by atoms with E-state index in [4.69, 9.17) is 15.2 Å². The van der Waals surface area contributed by atoms with E-state index in [2.05, 4.69) is 4.98 Å². The minimum absolute atomic E-state index is 0.394. The molecule has 19 heavy (non-hydrogen) atoms. The lowest BCUT2D eigenvalue weighted by Crippen LogP contribution is -2.11. The van der Waals surface area contributed by atoms with Gasteiger partial charge in [0, 0.05) is 18.0 Å². The minimum atomic E-state index is -0.431. The molecule has 0 aromatic carbocycles. The van der Waals surface area contributed by atoms with E-state index < -0.39 is 5.97 Å². The third kappa shape index (κ3) is 2.67. The van der Waals surface area contributed by atoms with Crippen molar-refractivity contribution >= 4 is 11.7 Å². The Kier molecular flexibility index (Phi) is 3.70. The molecule has 0 bridgehead atoms. The van der Waals surface area contributed by atoms with Gasteiger partial charge in [0.2, 0.25) is 5.88 Å². The molecule has 0 radical (unpaired) electrons. The van der Waals surface area contributed by atoms with Gasteiger partial charge in [-0.2, -0.15) is 0 Å². The Morgan fingerprint density at radius 1 is 1.47 bits per heavy atom. The normalized spacial score (nSPS) is 10.2. The first-order valence-electron chi connectivity index (χ1n) is 5.67. The number of anilines is 1. The summed E-state index contributed by atoms with van der Waals surface area (Å²) in [6.45, 7) is 0.429. The van der Waals surface area contributed by atoms with Gasteiger partial charge in [0.1, 0.15) is 5.69 Å². The van der Waals surface area contributed by atoms with Crippen LogP contribution in [0, 0.1) is 0 Å². The number of nitrogens with zero attached hydrogens (tertiary/aromatic N) is 2. The second-order valence-electron chi connectivity index (χ2n) is 3.95. The van der Waals surface area contributed by atoms with E-state index in [0.717, 1.165) is 5.56 Å². The maximum atomic E-state index is 11.6. The van der Waals surface area contributed by atoms with Gasteiger partial charge in [-0.1, -0.05) is 6.07 Å². The van der Waals surface area contributed by atoms with E-state index >= 15 is 0 Å². The van der Waals surface area contributed by atoms with Crippen LogP contribution >= 0.6 is 0 Å². The second-order valence-corrected chi connectivity index (χ2v) is 3.95. The first-order chi connectivity index (χ1) is 9.15. The summed E-state index contributed by atoms with van der Waals surface area (Å²) in [5.74, 6) is 0.0881. The van der Waals surface area contributed by atoms with E-state index in [1.807, 2.05) is 12.1 Å². The number of aromatic nitrogens is 2. The summed E-state index contributed by atoms with van der Waals surface area (Å²) in [4.78, 5) is 15.8. The lowest BCUT2D eigenvalue weighted by molar-refractivity contribution is 0.0589. The number of nitrogens with two attached hydrogens (primary N) is 1. The molecule has 2 rings (SSSR count). The topological polar surface area (TPSA) is 79.4 Å². The summed E-state index contributed by atoms with van der Waals surface area (Å²) < 4.78 is 11.6. The summed E-state index contributed by atoms with van der Waals surface area (Å²) >= 11 is 0. The fourth-order valence-electron chi connectivity index (χ4n) is 1.85. The first-order valence-corrected chi connectivity index (χ1v) is 5.67. The lowest BCUT2D eigenvalue weighted by atomic mass is 10.2. The van der Waals surface area contributed by atoms with Gasteiger partial charge >= 0.3 is 5.97 Å². The van der Waals surface area contributed by atoms with Crippen molar-refractivity contribution in [2.24, 2.45) is 0 Å². The van der Waals surface area contributed by atoms with Crippen LogP contribution in [0.3, 0.4) is 0 Å². The summed E-state index contributed by atoms with van der Waals surface area (Å²) in [7, 11) is 2.89. The minimum Gasteiger partial charge on any atom is -0.481 e. The fraction of sp³-hybridized carbons (Fsp3) is 0.231. The first kappa shape index (κ1) is 12.9. The highest BCUT2D eigenvalue weighted by Crippen LogP contribution is 2.19. The summed E-state index contributed by atoms with van der Waals surface area (Å²) in [5, 5.41) is 0. The molecule has 0 spiro atoms. The number of carbonyl (C=O) groups excluding carboxylic acids is 1. The number of rotatable bonds is 4.